The van der Waals surface area contributed by atoms with Crippen LogP contribution in [0.4, 0.5) is 17.2 Å². The molecule has 2 aliphatic rings. The maximum Gasteiger partial charge on any atom is 0.251 e. The maximum atomic E-state index is 12.7. The molecule has 1 aliphatic carbocycles. The molecule has 3 aromatic rings. The average Bonchev–Trinajstić information content (AvgIpc) is 3.38. The molecular weight excluding hydrogens is 412 g/mol. The first kappa shape index (κ1) is 22.0. The monoisotopic (exact) mass is 446 g/mol. The Labute approximate surface area is 195 Å². The van der Waals surface area contributed by atoms with Gasteiger partial charge in [0.05, 0.1) is 5.52 Å². The first-order chi connectivity index (χ1) is 16.2. The van der Waals surface area contributed by atoms with Crippen molar-refractivity contribution in [3.8, 4) is 0 Å². The van der Waals surface area contributed by atoms with Gasteiger partial charge in [0.1, 0.15) is 5.82 Å². The van der Waals surface area contributed by atoms with Crippen molar-refractivity contribution in [1.82, 2.24) is 9.55 Å². The predicted molar refractivity (Wildman–Crippen MR) is 134 cm³/mol. The number of hydrogen-bond acceptors (Lipinski definition) is 5. The lowest BCUT2D eigenvalue weighted by Gasteiger charge is -2.33. The molecule has 5 rings (SSSR count). The Kier molecular flexibility index (Phi) is 6.63. The van der Waals surface area contributed by atoms with E-state index in [4.69, 9.17) is 5.11 Å². The zero-order chi connectivity index (χ0) is 22.6. The van der Waals surface area contributed by atoms with Crippen LogP contribution in [0.1, 0.15) is 57.4 Å². The largest absolute Gasteiger partial charge is 0.396 e. The van der Waals surface area contributed by atoms with Crippen molar-refractivity contribution in [3.05, 3.63) is 59.0 Å². The Morgan fingerprint density at radius 2 is 1.76 bits per heavy atom. The number of nitrogens with one attached hydrogen (secondary N) is 1. The molecule has 6 heteroatoms. The first-order valence-electron chi connectivity index (χ1n) is 12.5. The number of anilines is 3. The summed E-state index contributed by atoms with van der Waals surface area (Å²) in [4.78, 5) is 19.7. The van der Waals surface area contributed by atoms with Crippen molar-refractivity contribution in [3.63, 3.8) is 0 Å². The van der Waals surface area contributed by atoms with E-state index in [2.05, 4.69) is 39.5 Å². The number of fused-ring (bicyclic) bond motifs is 1. The number of pyridine rings is 2. The summed E-state index contributed by atoms with van der Waals surface area (Å²) >= 11 is 0. The second kappa shape index (κ2) is 9.96. The molecular formula is C27H34N4O2. The van der Waals surface area contributed by atoms with E-state index in [0.717, 1.165) is 67.1 Å². The zero-order valence-electron chi connectivity index (χ0n) is 19.2. The Balaban J connectivity index is 1.29. The van der Waals surface area contributed by atoms with Crippen molar-refractivity contribution in [2.24, 2.45) is 5.92 Å². The third-order valence-corrected chi connectivity index (χ3v) is 7.39. The van der Waals surface area contributed by atoms with E-state index in [9.17, 15) is 4.79 Å². The standard InChI is InChI=1S/C27H34N4O2/c32-17-3-4-20-13-15-30(16-14-20)23-10-8-22(9-11-23)29-26-18-25-21(19-28-26)7-12-27(33)31(25)24-5-1-2-6-24/h7-12,18-20,24,32H,1-6,13-17H2,(H,28,29). The smallest absolute Gasteiger partial charge is 0.251 e. The molecule has 1 aromatic carbocycles. The minimum Gasteiger partial charge on any atom is -0.396 e. The molecule has 1 saturated heterocycles. The van der Waals surface area contributed by atoms with Gasteiger partial charge in [-0.1, -0.05) is 12.8 Å². The quantitative estimate of drug-likeness (QED) is 0.519. The molecule has 2 N–H and O–H groups in total. The van der Waals surface area contributed by atoms with Crippen LogP contribution in [0.5, 0.6) is 0 Å². The lowest BCUT2D eigenvalue weighted by atomic mass is 9.92. The fourth-order valence-corrected chi connectivity index (χ4v) is 5.52. The van der Waals surface area contributed by atoms with E-state index in [1.807, 2.05) is 22.9 Å². The molecule has 3 heterocycles. The average molecular weight is 447 g/mol. The zero-order valence-corrected chi connectivity index (χ0v) is 19.2. The summed E-state index contributed by atoms with van der Waals surface area (Å²) in [6, 6.07) is 14.4. The lowest BCUT2D eigenvalue weighted by Crippen LogP contribution is -2.33. The van der Waals surface area contributed by atoms with Gasteiger partial charge in [-0.2, -0.15) is 0 Å². The first-order valence-corrected chi connectivity index (χ1v) is 12.5. The van der Waals surface area contributed by atoms with Gasteiger partial charge in [-0.3, -0.25) is 4.79 Å². The Morgan fingerprint density at radius 3 is 2.48 bits per heavy atom. The number of nitrogens with zero attached hydrogens (tertiary/aromatic N) is 3. The molecule has 1 aliphatic heterocycles. The van der Waals surface area contributed by atoms with Crippen LogP contribution in [0.15, 0.2) is 53.5 Å². The van der Waals surface area contributed by atoms with Crippen LogP contribution >= 0.6 is 0 Å². The van der Waals surface area contributed by atoms with Crippen molar-refractivity contribution in [2.75, 3.05) is 29.9 Å². The number of aromatic nitrogens is 2. The van der Waals surface area contributed by atoms with Crippen LogP contribution in [0.3, 0.4) is 0 Å². The van der Waals surface area contributed by atoms with Crippen LogP contribution in [-0.4, -0.2) is 34.4 Å². The molecule has 2 aromatic heterocycles. The number of benzene rings is 1. The van der Waals surface area contributed by atoms with E-state index in [1.165, 1.54) is 31.4 Å². The fraction of sp³-hybridized carbons (Fsp3) is 0.481. The summed E-state index contributed by atoms with van der Waals surface area (Å²) in [5.41, 5.74) is 3.29. The minimum atomic E-state index is 0.0797. The van der Waals surface area contributed by atoms with Crippen LogP contribution in [-0.2, 0) is 0 Å². The van der Waals surface area contributed by atoms with E-state index >= 15 is 0 Å². The molecule has 0 bridgehead atoms. The highest BCUT2D eigenvalue weighted by Crippen LogP contribution is 2.32. The summed E-state index contributed by atoms with van der Waals surface area (Å²) in [6.07, 6.45) is 10.8. The maximum absolute atomic E-state index is 12.7. The molecule has 0 amide bonds. The fourth-order valence-electron chi connectivity index (χ4n) is 5.52. The number of aliphatic hydroxyl groups excluding tert-OH is 1. The van der Waals surface area contributed by atoms with Gasteiger partial charge in [0.25, 0.3) is 5.56 Å². The highest BCUT2D eigenvalue weighted by atomic mass is 16.2. The molecule has 6 nitrogen and oxygen atoms in total. The van der Waals surface area contributed by atoms with E-state index in [0.29, 0.717) is 12.6 Å². The van der Waals surface area contributed by atoms with Crippen LogP contribution in [0.2, 0.25) is 0 Å². The Bertz CT molecular complexity index is 1130. The van der Waals surface area contributed by atoms with Gasteiger partial charge < -0.3 is 19.9 Å². The third kappa shape index (κ3) is 4.91. The number of aliphatic hydroxyl groups is 1. The summed E-state index contributed by atoms with van der Waals surface area (Å²) in [5, 5.41) is 13.5. The van der Waals surface area contributed by atoms with E-state index in [1.54, 1.807) is 6.07 Å². The number of rotatable bonds is 7. The molecule has 33 heavy (non-hydrogen) atoms. The summed E-state index contributed by atoms with van der Waals surface area (Å²) in [5.74, 6) is 1.51. The molecule has 2 fully saturated rings. The van der Waals surface area contributed by atoms with Gasteiger partial charge in [-0.25, -0.2) is 4.98 Å². The van der Waals surface area contributed by atoms with Gasteiger partial charge in [0.15, 0.2) is 0 Å². The second-order valence-electron chi connectivity index (χ2n) is 9.58. The molecule has 0 unspecified atom stereocenters. The van der Waals surface area contributed by atoms with Gasteiger partial charge in [-0.15, -0.1) is 0 Å². The minimum absolute atomic E-state index is 0.0797. The summed E-state index contributed by atoms with van der Waals surface area (Å²) in [7, 11) is 0. The molecule has 1 saturated carbocycles. The van der Waals surface area contributed by atoms with Crippen molar-refractivity contribution >= 4 is 28.1 Å². The van der Waals surface area contributed by atoms with Crippen molar-refractivity contribution in [2.45, 2.75) is 57.4 Å². The second-order valence-corrected chi connectivity index (χ2v) is 9.58. The SMILES string of the molecule is O=c1ccc2cnc(Nc3ccc(N4CCC(CCCO)CC4)cc3)cc2n1C1CCCC1. The highest BCUT2D eigenvalue weighted by Gasteiger charge is 2.21. The van der Waals surface area contributed by atoms with Gasteiger partial charge >= 0.3 is 0 Å². The van der Waals surface area contributed by atoms with Crippen LogP contribution in [0.25, 0.3) is 10.9 Å². The van der Waals surface area contributed by atoms with Crippen molar-refractivity contribution in [1.29, 1.82) is 0 Å². The topological polar surface area (TPSA) is 70.4 Å². The van der Waals surface area contributed by atoms with Crippen LogP contribution in [0, 0.1) is 5.92 Å². The van der Waals surface area contributed by atoms with Crippen molar-refractivity contribution < 1.29 is 5.11 Å². The number of hydrogen-bond donors (Lipinski definition) is 2. The highest BCUT2D eigenvalue weighted by molar-refractivity contribution is 5.81. The Hall–Kier alpha value is -2.86. The van der Waals surface area contributed by atoms with E-state index < -0.39 is 0 Å². The number of piperidine rings is 1. The normalized spacial score (nSPS) is 17.7. The molecule has 0 spiro atoms. The summed E-state index contributed by atoms with van der Waals surface area (Å²) < 4.78 is 1.97. The third-order valence-electron chi connectivity index (χ3n) is 7.39. The van der Waals surface area contributed by atoms with Crippen LogP contribution < -0.4 is 15.8 Å². The lowest BCUT2D eigenvalue weighted by molar-refractivity contribution is 0.261. The predicted octanol–water partition coefficient (Wildman–Crippen LogP) is 5.24. The van der Waals surface area contributed by atoms with Gasteiger partial charge in [0, 0.05) is 60.8 Å². The van der Waals surface area contributed by atoms with Gasteiger partial charge in [0.2, 0.25) is 0 Å². The molecule has 0 radical (unpaired) electrons. The molecule has 0 atom stereocenters. The Morgan fingerprint density at radius 1 is 1.00 bits per heavy atom. The molecule has 174 valence electrons. The summed E-state index contributed by atoms with van der Waals surface area (Å²) in [6.45, 7) is 2.46. The van der Waals surface area contributed by atoms with E-state index in [-0.39, 0.29) is 5.56 Å². The van der Waals surface area contributed by atoms with Gasteiger partial charge in [-0.05, 0) is 74.8 Å².